The van der Waals surface area contributed by atoms with Gasteiger partial charge in [0.1, 0.15) is 0 Å². The first-order valence-corrected chi connectivity index (χ1v) is 7.06. The lowest BCUT2D eigenvalue weighted by Gasteiger charge is -2.03. The normalized spacial score (nSPS) is 14.7. The molecule has 1 aliphatic rings. The minimum atomic E-state index is 0.198. The third-order valence-electron chi connectivity index (χ3n) is 3.07. The van der Waals surface area contributed by atoms with Gasteiger partial charge in [-0.1, -0.05) is 42.5 Å². The van der Waals surface area contributed by atoms with Crippen LogP contribution >= 0.6 is 0 Å². The molecule has 1 fully saturated rings. The van der Waals surface area contributed by atoms with Gasteiger partial charge in [-0.25, -0.2) is 0 Å². The largest absolute Gasteiger partial charge is 0.353 e. The minimum absolute atomic E-state index is 0.198. The Labute approximate surface area is 115 Å². The van der Waals surface area contributed by atoms with E-state index in [1.54, 1.807) is 0 Å². The summed E-state index contributed by atoms with van der Waals surface area (Å²) >= 11 is 0. The molecule has 1 amide bonds. The predicted octanol–water partition coefficient (Wildman–Crippen LogP) is 2.35. The quantitative estimate of drug-likeness (QED) is 0.703. The third-order valence-corrected chi connectivity index (χ3v) is 3.07. The molecule has 102 valence electrons. The standard InChI is InChI=1S/C16H22N2O/c19-16(18-15-10-11-15)9-5-13-17-12-4-8-14-6-2-1-3-7-14/h1-4,6-8,15,17H,5,9-13H2,(H,18,19). The molecule has 0 aromatic heterocycles. The first-order chi connectivity index (χ1) is 9.34. The van der Waals surface area contributed by atoms with E-state index in [4.69, 9.17) is 0 Å². The Kier molecular flexibility index (Phi) is 5.63. The molecule has 1 aliphatic carbocycles. The Morgan fingerprint density at radius 1 is 1.26 bits per heavy atom. The highest BCUT2D eigenvalue weighted by Gasteiger charge is 2.22. The topological polar surface area (TPSA) is 41.1 Å². The molecule has 0 atom stereocenters. The number of carbonyl (C=O) groups excluding carboxylic acids is 1. The van der Waals surface area contributed by atoms with Crippen molar-refractivity contribution in [3.63, 3.8) is 0 Å². The average molecular weight is 258 g/mol. The first-order valence-electron chi connectivity index (χ1n) is 7.06. The van der Waals surface area contributed by atoms with Gasteiger partial charge in [-0.05, 0) is 31.4 Å². The van der Waals surface area contributed by atoms with Crippen LogP contribution in [0.3, 0.4) is 0 Å². The number of benzene rings is 1. The van der Waals surface area contributed by atoms with Gasteiger partial charge in [0.15, 0.2) is 0 Å². The predicted molar refractivity (Wildman–Crippen MR) is 78.7 cm³/mol. The summed E-state index contributed by atoms with van der Waals surface area (Å²) in [6, 6.07) is 10.7. The molecule has 0 unspecified atom stereocenters. The molecule has 19 heavy (non-hydrogen) atoms. The van der Waals surface area contributed by atoms with Gasteiger partial charge in [-0.3, -0.25) is 4.79 Å². The van der Waals surface area contributed by atoms with E-state index in [0.717, 1.165) is 32.4 Å². The molecule has 3 heteroatoms. The van der Waals surface area contributed by atoms with Crippen molar-refractivity contribution in [2.75, 3.05) is 13.1 Å². The summed E-state index contributed by atoms with van der Waals surface area (Å²) in [5, 5.41) is 6.31. The van der Waals surface area contributed by atoms with Crippen LogP contribution in [0.4, 0.5) is 0 Å². The summed E-state index contributed by atoms with van der Waals surface area (Å²) in [6.45, 7) is 1.73. The lowest BCUT2D eigenvalue weighted by atomic mass is 10.2. The molecule has 0 radical (unpaired) electrons. The fraction of sp³-hybridized carbons (Fsp3) is 0.438. The van der Waals surface area contributed by atoms with Crippen molar-refractivity contribution < 1.29 is 4.79 Å². The summed E-state index contributed by atoms with van der Waals surface area (Å²) in [6.07, 6.45) is 8.07. The molecule has 0 bridgehead atoms. The molecule has 0 heterocycles. The highest BCUT2D eigenvalue weighted by molar-refractivity contribution is 5.76. The van der Waals surface area contributed by atoms with Gasteiger partial charge < -0.3 is 10.6 Å². The van der Waals surface area contributed by atoms with Crippen molar-refractivity contribution in [1.82, 2.24) is 10.6 Å². The summed E-state index contributed by atoms with van der Waals surface area (Å²) in [4.78, 5) is 11.4. The highest BCUT2D eigenvalue weighted by Crippen LogP contribution is 2.18. The Bertz CT molecular complexity index is 410. The molecular weight excluding hydrogens is 236 g/mol. The molecule has 0 saturated heterocycles. The van der Waals surface area contributed by atoms with Crippen molar-refractivity contribution in [3.8, 4) is 0 Å². The fourth-order valence-electron chi connectivity index (χ4n) is 1.85. The molecule has 0 spiro atoms. The molecule has 2 N–H and O–H groups in total. The third kappa shape index (κ3) is 6.20. The van der Waals surface area contributed by atoms with Crippen LogP contribution in [0.2, 0.25) is 0 Å². The van der Waals surface area contributed by atoms with Crippen LogP contribution < -0.4 is 10.6 Å². The zero-order valence-electron chi connectivity index (χ0n) is 11.3. The Hall–Kier alpha value is -1.61. The fourth-order valence-corrected chi connectivity index (χ4v) is 1.85. The van der Waals surface area contributed by atoms with E-state index < -0.39 is 0 Å². The van der Waals surface area contributed by atoms with E-state index >= 15 is 0 Å². The summed E-state index contributed by atoms with van der Waals surface area (Å²) < 4.78 is 0. The van der Waals surface area contributed by atoms with E-state index in [0.29, 0.717) is 12.5 Å². The number of nitrogens with one attached hydrogen (secondary N) is 2. The van der Waals surface area contributed by atoms with Gasteiger partial charge >= 0.3 is 0 Å². The van der Waals surface area contributed by atoms with E-state index in [9.17, 15) is 4.79 Å². The zero-order valence-corrected chi connectivity index (χ0v) is 11.3. The second-order valence-corrected chi connectivity index (χ2v) is 4.96. The monoisotopic (exact) mass is 258 g/mol. The van der Waals surface area contributed by atoms with Gasteiger partial charge in [0, 0.05) is 19.0 Å². The maximum absolute atomic E-state index is 11.4. The number of hydrogen-bond acceptors (Lipinski definition) is 2. The van der Waals surface area contributed by atoms with Crippen molar-refractivity contribution >= 4 is 12.0 Å². The molecule has 2 rings (SSSR count). The molecule has 1 saturated carbocycles. The molecule has 1 aromatic carbocycles. The Morgan fingerprint density at radius 3 is 2.79 bits per heavy atom. The van der Waals surface area contributed by atoms with Crippen LogP contribution in [-0.2, 0) is 4.79 Å². The van der Waals surface area contributed by atoms with Crippen LogP contribution in [0.15, 0.2) is 36.4 Å². The van der Waals surface area contributed by atoms with Gasteiger partial charge in [0.05, 0.1) is 0 Å². The van der Waals surface area contributed by atoms with Crippen LogP contribution in [0.5, 0.6) is 0 Å². The van der Waals surface area contributed by atoms with E-state index in [-0.39, 0.29) is 5.91 Å². The van der Waals surface area contributed by atoms with Gasteiger partial charge in [-0.2, -0.15) is 0 Å². The number of rotatable bonds is 8. The summed E-state index contributed by atoms with van der Waals surface area (Å²) in [5.74, 6) is 0.198. The number of hydrogen-bond donors (Lipinski definition) is 2. The number of carbonyl (C=O) groups is 1. The van der Waals surface area contributed by atoms with E-state index in [1.165, 1.54) is 5.56 Å². The van der Waals surface area contributed by atoms with Crippen molar-refractivity contribution in [3.05, 3.63) is 42.0 Å². The van der Waals surface area contributed by atoms with E-state index in [1.807, 2.05) is 18.2 Å². The average Bonchev–Trinajstić information content (AvgIpc) is 3.23. The lowest BCUT2D eigenvalue weighted by Crippen LogP contribution is -2.26. The van der Waals surface area contributed by atoms with Gasteiger partial charge in [-0.15, -0.1) is 0 Å². The molecule has 3 nitrogen and oxygen atoms in total. The molecule has 0 aliphatic heterocycles. The van der Waals surface area contributed by atoms with Crippen LogP contribution in [0.25, 0.3) is 6.08 Å². The molecular formula is C16H22N2O. The SMILES string of the molecule is O=C(CCCNCC=Cc1ccccc1)NC1CC1. The first kappa shape index (κ1) is 13.8. The maximum atomic E-state index is 11.4. The number of amides is 1. The smallest absolute Gasteiger partial charge is 0.220 e. The second kappa shape index (κ2) is 7.74. The summed E-state index contributed by atoms with van der Waals surface area (Å²) in [5.41, 5.74) is 1.22. The highest BCUT2D eigenvalue weighted by atomic mass is 16.1. The van der Waals surface area contributed by atoms with Crippen LogP contribution in [0, 0.1) is 0 Å². The minimum Gasteiger partial charge on any atom is -0.353 e. The van der Waals surface area contributed by atoms with Crippen molar-refractivity contribution in [2.45, 2.75) is 31.7 Å². The lowest BCUT2D eigenvalue weighted by molar-refractivity contribution is -0.121. The maximum Gasteiger partial charge on any atom is 0.220 e. The Morgan fingerprint density at radius 2 is 2.05 bits per heavy atom. The van der Waals surface area contributed by atoms with Gasteiger partial charge in [0.25, 0.3) is 0 Å². The van der Waals surface area contributed by atoms with Gasteiger partial charge in [0.2, 0.25) is 5.91 Å². The van der Waals surface area contributed by atoms with Crippen LogP contribution in [0.1, 0.15) is 31.2 Å². The Balaban J connectivity index is 1.47. The van der Waals surface area contributed by atoms with Crippen molar-refractivity contribution in [1.29, 1.82) is 0 Å². The zero-order chi connectivity index (χ0) is 13.3. The van der Waals surface area contributed by atoms with E-state index in [2.05, 4.69) is 34.9 Å². The molecule has 1 aromatic rings. The van der Waals surface area contributed by atoms with Crippen LogP contribution in [-0.4, -0.2) is 25.0 Å². The summed E-state index contributed by atoms with van der Waals surface area (Å²) in [7, 11) is 0. The van der Waals surface area contributed by atoms with Crippen molar-refractivity contribution in [2.24, 2.45) is 0 Å². The second-order valence-electron chi connectivity index (χ2n) is 4.96.